The van der Waals surface area contributed by atoms with E-state index in [1.165, 1.54) is 0 Å². The molecule has 1 saturated carbocycles. The Kier molecular flexibility index (Phi) is 5.07. The van der Waals surface area contributed by atoms with Gasteiger partial charge in [0.05, 0.1) is 12.0 Å². The van der Waals surface area contributed by atoms with Crippen LogP contribution in [0.4, 0.5) is 4.79 Å². The Morgan fingerprint density at radius 3 is 2.57 bits per heavy atom. The smallest absolute Gasteiger partial charge is 0.315 e. The predicted molar refractivity (Wildman–Crippen MR) is 80.3 cm³/mol. The molecule has 21 heavy (non-hydrogen) atoms. The summed E-state index contributed by atoms with van der Waals surface area (Å²) in [5.41, 5.74) is 0.941. The molecule has 1 fully saturated rings. The minimum atomic E-state index is -0.844. The van der Waals surface area contributed by atoms with Crippen molar-refractivity contribution in [3.05, 3.63) is 34.9 Å². The summed E-state index contributed by atoms with van der Waals surface area (Å²) in [5.74, 6) is -1.33. The molecule has 3 unspecified atom stereocenters. The summed E-state index contributed by atoms with van der Waals surface area (Å²) in [6, 6.07) is 6.43. The van der Waals surface area contributed by atoms with Crippen molar-refractivity contribution < 1.29 is 14.7 Å². The number of nitrogens with one attached hydrogen (secondary N) is 2. The van der Waals surface area contributed by atoms with Gasteiger partial charge in [0, 0.05) is 11.1 Å². The Labute approximate surface area is 128 Å². The van der Waals surface area contributed by atoms with E-state index < -0.39 is 11.9 Å². The van der Waals surface area contributed by atoms with E-state index in [9.17, 15) is 9.59 Å². The number of urea groups is 1. The van der Waals surface area contributed by atoms with Crippen LogP contribution in [-0.2, 0) is 4.79 Å². The van der Waals surface area contributed by atoms with Gasteiger partial charge in [-0.05, 0) is 37.5 Å². The summed E-state index contributed by atoms with van der Waals surface area (Å²) in [6.07, 6.45) is 2.15. The van der Waals surface area contributed by atoms with Gasteiger partial charge in [-0.3, -0.25) is 4.79 Å². The molecule has 0 bridgehead atoms. The number of amides is 2. The molecule has 2 rings (SSSR count). The molecule has 1 aliphatic rings. The molecule has 0 spiro atoms. The summed E-state index contributed by atoms with van der Waals surface area (Å²) < 4.78 is 0. The van der Waals surface area contributed by atoms with Gasteiger partial charge < -0.3 is 15.7 Å². The van der Waals surface area contributed by atoms with Crippen LogP contribution in [0.25, 0.3) is 0 Å². The van der Waals surface area contributed by atoms with E-state index in [1.54, 1.807) is 12.1 Å². The van der Waals surface area contributed by atoms with Gasteiger partial charge in [-0.15, -0.1) is 0 Å². The highest BCUT2D eigenvalue weighted by atomic mass is 35.5. The third-order valence-corrected chi connectivity index (χ3v) is 4.12. The number of carboxylic acids is 1. The van der Waals surface area contributed by atoms with Crippen molar-refractivity contribution in [3.8, 4) is 0 Å². The standard InChI is InChI=1S/C15H19ClN2O3/c1-9(10-5-7-11(16)8-6-10)17-15(21)18-13-4-2-3-12(13)14(19)20/h5-9,12-13H,2-4H2,1H3,(H,19,20)(H2,17,18,21). The third kappa shape index (κ3) is 4.11. The monoisotopic (exact) mass is 310 g/mol. The van der Waals surface area contributed by atoms with E-state index in [0.717, 1.165) is 12.0 Å². The molecular formula is C15H19ClN2O3. The molecule has 0 aliphatic heterocycles. The summed E-state index contributed by atoms with van der Waals surface area (Å²) >= 11 is 5.83. The highest BCUT2D eigenvalue weighted by molar-refractivity contribution is 6.30. The fraction of sp³-hybridized carbons (Fsp3) is 0.467. The Bertz CT molecular complexity index is 518. The maximum atomic E-state index is 12.0. The molecule has 0 heterocycles. The van der Waals surface area contributed by atoms with Crippen molar-refractivity contribution in [2.75, 3.05) is 0 Å². The number of aliphatic carboxylic acids is 1. The second-order valence-corrected chi connectivity index (χ2v) is 5.81. The number of hydrogen-bond donors (Lipinski definition) is 3. The van der Waals surface area contributed by atoms with Crippen LogP contribution >= 0.6 is 11.6 Å². The van der Waals surface area contributed by atoms with Crippen LogP contribution < -0.4 is 10.6 Å². The summed E-state index contributed by atoms with van der Waals surface area (Å²) in [6.45, 7) is 1.87. The number of carbonyl (C=O) groups excluding carboxylic acids is 1. The fourth-order valence-corrected chi connectivity index (χ4v) is 2.80. The second-order valence-electron chi connectivity index (χ2n) is 5.37. The van der Waals surface area contributed by atoms with Gasteiger partial charge in [0.2, 0.25) is 0 Å². The highest BCUT2D eigenvalue weighted by Crippen LogP contribution is 2.25. The van der Waals surface area contributed by atoms with Crippen LogP contribution in [0, 0.1) is 5.92 Å². The van der Waals surface area contributed by atoms with Gasteiger partial charge in [0.1, 0.15) is 0 Å². The zero-order chi connectivity index (χ0) is 15.4. The Hall–Kier alpha value is -1.75. The maximum Gasteiger partial charge on any atom is 0.315 e. The molecule has 2 amide bonds. The fourth-order valence-electron chi connectivity index (χ4n) is 2.67. The van der Waals surface area contributed by atoms with Gasteiger partial charge in [0.15, 0.2) is 0 Å². The summed E-state index contributed by atoms with van der Waals surface area (Å²) in [7, 11) is 0. The third-order valence-electron chi connectivity index (χ3n) is 3.87. The first-order valence-electron chi connectivity index (χ1n) is 7.02. The van der Waals surface area contributed by atoms with Crippen LogP contribution in [0.1, 0.15) is 37.8 Å². The molecule has 0 aromatic heterocycles. The van der Waals surface area contributed by atoms with Gasteiger partial charge in [0.25, 0.3) is 0 Å². The molecular weight excluding hydrogens is 292 g/mol. The van der Waals surface area contributed by atoms with Crippen molar-refractivity contribution in [1.29, 1.82) is 0 Å². The zero-order valence-electron chi connectivity index (χ0n) is 11.8. The Morgan fingerprint density at radius 2 is 1.95 bits per heavy atom. The van der Waals surface area contributed by atoms with Crippen LogP contribution in [-0.4, -0.2) is 23.1 Å². The SMILES string of the molecule is CC(NC(=O)NC1CCCC1C(=O)O)c1ccc(Cl)cc1. The lowest BCUT2D eigenvalue weighted by molar-refractivity contribution is -0.142. The minimum absolute atomic E-state index is 0.174. The lowest BCUT2D eigenvalue weighted by Crippen LogP contribution is -2.45. The number of rotatable bonds is 4. The first-order chi connectivity index (χ1) is 9.97. The molecule has 1 aliphatic carbocycles. The average Bonchev–Trinajstić information content (AvgIpc) is 2.87. The molecule has 114 valence electrons. The van der Waals surface area contributed by atoms with Crippen molar-refractivity contribution in [3.63, 3.8) is 0 Å². The zero-order valence-corrected chi connectivity index (χ0v) is 12.6. The van der Waals surface area contributed by atoms with Crippen LogP contribution in [0.3, 0.4) is 0 Å². The quantitative estimate of drug-likeness (QED) is 0.800. The van der Waals surface area contributed by atoms with Crippen molar-refractivity contribution in [1.82, 2.24) is 10.6 Å². The van der Waals surface area contributed by atoms with Gasteiger partial charge in [-0.1, -0.05) is 30.2 Å². The second kappa shape index (κ2) is 6.80. The molecule has 6 heteroatoms. The Morgan fingerprint density at radius 1 is 1.29 bits per heavy atom. The first-order valence-corrected chi connectivity index (χ1v) is 7.40. The Balaban J connectivity index is 1.89. The first kappa shape index (κ1) is 15.6. The van der Waals surface area contributed by atoms with Crippen molar-refractivity contribution in [2.24, 2.45) is 5.92 Å². The highest BCUT2D eigenvalue weighted by Gasteiger charge is 2.33. The number of carbonyl (C=O) groups is 2. The molecule has 1 aromatic carbocycles. The summed E-state index contributed by atoms with van der Waals surface area (Å²) in [4.78, 5) is 23.1. The normalized spacial score (nSPS) is 22.6. The molecule has 1 aromatic rings. The van der Waals surface area contributed by atoms with E-state index >= 15 is 0 Å². The lowest BCUT2D eigenvalue weighted by atomic mass is 10.0. The molecule has 3 N–H and O–H groups in total. The van der Waals surface area contributed by atoms with Crippen molar-refractivity contribution >= 4 is 23.6 Å². The molecule has 0 saturated heterocycles. The van der Waals surface area contributed by atoms with Crippen molar-refractivity contribution in [2.45, 2.75) is 38.3 Å². The topological polar surface area (TPSA) is 78.4 Å². The van der Waals surface area contributed by atoms with Gasteiger partial charge >= 0.3 is 12.0 Å². The molecule has 0 radical (unpaired) electrons. The van der Waals surface area contributed by atoms with E-state index in [0.29, 0.717) is 17.9 Å². The van der Waals surface area contributed by atoms with Crippen LogP contribution in [0.15, 0.2) is 24.3 Å². The summed E-state index contributed by atoms with van der Waals surface area (Å²) in [5, 5.41) is 15.3. The average molecular weight is 311 g/mol. The number of benzene rings is 1. The lowest BCUT2D eigenvalue weighted by Gasteiger charge is -2.20. The van der Waals surface area contributed by atoms with E-state index in [1.807, 2.05) is 19.1 Å². The number of halogens is 1. The van der Waals surface area contributed by atoms with Crippen LogP contribution in [0.2, 0.25) is 5.02 Å². The molecule has 3 atom stereocenters. The minimum Gasteiger partial charge on any atom is -0.481 e. The van der Waals surface area contributed by atoms with E-state index in [-0.39, 0.29) is 18.1 Å². The number of carboxylic acid groups (broad SMARTS) is 1. The van der Waals surface area contributed by atoms with Gasteiger partial charge in [-0.2, -0.15) is 0 Å². The molecule has 5 nitrogen and oxygen atoms in total. The number of hydrogen-bond acceptors (Lipinski definition) is 2. The van der Waals surface area contributed by atoms with Gasteiger partial charge in [-0.25, -0.2) is 4.79 Å². The van der Waals surface area contributed by atoms with Crippen LogP contribution in [0.5, 0.6) is 0 Å². The van der Waals surface area contributed by atoms with E-state index in [4.69, 9.17) is 16.7 Å². The van der Waals surface area contributed by atoms with E-state index in [2.05, 4.69) is 10.6 Å². The largest absolute Gasteiger partial charge is 0.481 e. The maximum absolute atomic E-state index is 12.0. The predicted octanol–water partition coefficient (Wildman–Crippen LogP) is 2.95.